The lowest BCUT2D eigenvalue weighted by atomic mass is 9.98. The van der Waals surface area contributed by atoms with E-state index in [1.165, 1.54) is 0 Å². The minimum Gasteiger partial charge on any atom is -0.494 e. The van der Waals surface area contributed by atoms with Gasteiger partial charge in [0.05, 0.1) is 6.61 Å². The highest BCUT2D eigenvalue weighted by Gasteiger charge is 2.11. The van der Waals surface area contributed by atoms with Crippen LogP contribution in [0.2, 0.25) is 5.02 Å². The summed E-state index contributed by atoms with van der Waals surface area (Å²) < 4.78 is 6.78. The summed E-state index contributed by atoms with van der Waals surface area (Å²) in [5, 5.41) is 0.742. The Morgan fingerprint density at radius 1 is 1.10 bits per heavy atom. The van der Waals surface area contributed by atoms with Crippen molar-refractivity contribution in [3.05, 3.63) is 63.6 Å². The molecule has 4 heteroatoms. The predicted octanol–water partition coefficient (Wildman–Crippen LogP) is 5.89. The van der Waals surface area contributed by atoms with Gasteiger partial charge in [-0.1, -0.05) is 39.7 Å². The number of alkyl halides is 1. The lowest BCUT2D eigenvalue weighted by Gasteiger charge is -2.15. The van der Waals surface area contributed by atoms with E-state index in [2.05, 4.69) is 22.0 Å². The molecule has 0 aliphatic heterocycles. The molecule has 0 fully saturated rings. The Morgan fingerprint density at radius 2 is 1.85 bits per heavy atom. The van der Waals surface area contributed by atoms with Crippen LogP contribution in [-0.4, -0.2) is 12.5 Å². The lowest BCUT2D eigenvalue weighted by Crippen LogP contribution is -2.07. The second-order valence-electron chi connectivity index (χ2n) is 4.50. The summed E-state index contributed by atoms with van der Waals surface area (Å²) in [4.78, 5) is 0. The molecule has 0 spiro atoms. The Balaban J connectivity index is 1.89. The van der Waals surface area contributed by atoms with E-state index < -0.39 is 0 Å². The highest BCUT2D eigenvalue weighted by molar-refractivity contribution is 9.10. The molecular weight excluding hydrogens is 359 g/mol. The Labute approximate surface area is 138 Å². The molecule has 0 saturated carbocycles. The zero-order valence-corrected chi connectivity index (χ0v) is 14.0. The molecule has 0 heterocycles. The van der Waals surface area contributed by atoms with Gasteiger partial charge >= 0.3 is 0 Å². The number of halogens is 3. The Morgan fingerprint density at radius 3 is 2.50 bits per heavy atom. The van der Waals surface area contributed by atoms with E-state index in [1.807, 2.05) is 42.5 Å². The molecule has 0 aliphatic carbocycles. The first-order valence-corrected chi connectivity index (χ1v) is 8.09. The zero-order valence-electron chi connectivity index (χ0n) is 10.9. The molecule has 0 bridgehead atoms. The molecule has 20 heavy (non-hydrogen) atoms. The molecule has 0 saturated heterocycles. The Kier molecular flexibility index (Phi) is 6.21. The SMILES string of the molecule is ClCC(CCOc1ccc(Br)cc1)c1cccc(Cl)c1. The number of rotatable bonds is 6. The molecule has 0 N–H and O–H groups in total. The Bertz CT molecular complexity index is 542. The quantitative estimate of drug-likeness (QED) is 0.573. The number of hydrogen-bond acceptors (Lipinski definition) is 1. The van der Waals surface area contributed by atoms with Crippen molar-refractivity contribution in [2.24, 2.45) is 0 Å². The van der Waals surface area contributed by atoms with E-state index in [9.17, 15) is 0 Å². The first kappa shape index (κ1) is 15.7. The van der Waals surface area contributed by atoms with Gasteiger partial charge in [-0.2, -0.15) is 0 Å². The highest BCUT2D eigenvalue weighted by atomic mass is 79.9. The number of ether oxygens (including phenoxy) is 1. The van der Waals surface area contributed by atoms with Gasteiger partial charge in [0.25, 0.3) is 0 Å². The third-order valence-electron chi connectivity index (χ3n) is 3.06. The molecular formula is C16H15BrCl2O. The third kappa shape index (κ3) is 4.69. The summed E-state index contributed by atoms with van der Waals surface area (Å²) in [6.07, 6.45) is 0.861. The van der Waals surface area contributed by atoms with Crippen LogP contribution >= 0.6 is 39.1 Å². The van der Waals surface area contributed by atoms with Crippen molar-refractivity contribution in [1.82, 2.24) is 0 Å². The first-order chi connectivity index (χ1) is 9.69. The van der Waals surface area contributed by atoms with Gasteiger partial charge < -0.3 is 4.74 Å². The fourth-order valence-corrected chi connectivity index (χ4v) is 2.74. The van der Waals surface area contributed by atoms with Gasteiger partial charge in [0.1, 0.15) is 5.75 Å². The van der Waals surface area contributed by atoms with E-state index in [1.54, 1.807) is 0 Å². The maximum absolute atomic E-state index is 6.05. The molecule has 0 aromatic heterocycles. The van der Waals surface area contributed by atoms with E-state index in [0.717, 1.165) is 27.2 Å². The normalized spacial score (nSPS) is 12.2. The van der Waals surface area contributed by atoms with E-state index in [4.69, 9.17) is 27.9 Å². The summed E-state index contributed by atoms with van der Waals surface area (Å²) in [7, 11) is 0. The summed E-state index contributed by atoms with van der Waals surface area (Å²) in [5.41, 5.74) is 1.16. The van der Waals surface area contributed by atoms with Crippen LogP contribution in [0.3, 0.4) is 0 Å². The zero-order chi connectivity index (χ0) is 14.4. The molecule has 0 aliphatic rings. The molecule has 1 atom stereocenters. The number of benzene rings is 2. The minimum atomic E-state index is 0.255. The van der Waals surface area contributed by atoms with Crippen molar-refractivity contribution in [2.45, 2.75) is 12.3 Å². The van der Waals surface area contributed by atoms with Crippen molar-refractivity contribution in [3.63, 3.8) is 0 Å². The van der Waals surface area contributed by atoms with Crippen LogP contribution in [0, 0.1) is 0 Å². The van der Waals surface area contributed by atoms with Gasteiger partial charge in [-0.25, -0.2) is 0 Å². The molecule has 2 aromatic rings. The maximum atomic E-state index is 6.05. The van der Waals surface area contributed by atoms with Crippen molar-refractivity contribution < 1.29 is 4.74 Å². The topological polar surface area (TPSA) is 9.23 Å². The second-order valence-corrected chi connectivity index (χ2v) is 6.16. The minimum absolute atomic E-state index is 0.255. The summed E-state index contributed by atoms with van der Waals surface area (Å²) >= 11 is 15.5. The van der Waals surface area contributed by atoms with E-state index in [0.29, 0.717) is 12.5 Å². The molecule has 2 rings (SSSR count). The van der Waals surface area contributed by atoms with Crippen LogP contribution in [-0.2, 0) is 0 Å². The lowest BCUT2D eigenvalue weighted by molar-refractivity contribution is 0.301. The summed E-state index contributed by atoms with van der Waals surface area (Å²) in [6, 6.07) is 15.7. The second kappa shape index (κ2) is 7.92. The molecule has 1 nitrogen and oxygen atoms in total. The largest absolute Gasteiger partial charge is 0.494 e. The summed E-state index contributed by atoms with van der Waals surface area (Å²) in [5.74, 6) is 1.68. The van der Waals surface area contributed by atoms with Crippen molar-refractivity contribution in [2.75, 3.05) is 12.5 Å². The fraction of sp³-hybridized carbons (Fsp3) is 0.250. The van der Waals surface area contributed by atoms with Gasteiger partial charge in [-0.3, -0.25) is 0 Å². The average molecular weight is 374 g/mol. The van der Waals surface area contributed by atoms with Crippen LogP contribution in [0.4, 0.5) is 0 Å². The monoisotopic (exact) mass is 372 g/mol. The van der Waals surface area contributed by atoms with E-state index in [-0.39, 0.29) is 5.92 Å². The standard InChI is InChI=1S/C16H15BrCl2O/c17-14-4-6-16(7-5-14)20-9-8-13(11-18)12-2-1-3-15(19)10-12/h1-7,10,13H,8-9,11H2. The molecule has 106 valence electrons. The fourth-order valence-electron chi connectivity index (χ4n) is 1.94. The molecule has 1 unspecified atom stereocenters. The van der Waals surface area contributed by atoms with Crippen LogP contribution in [0.1, 0.15) is 17.9 Å². The van der Waals surface area contributed by atoms with Crippen molar-refractivity contribution in [1.29, 1.82) is 0 Å². The van der Waals surface area contributed by atoms with Gasteiger partial charge in [-0.05, 0) is 48.4 Å². The predicted molar refractivity (Wildman–Crippen MR) is 89.2 cm³/mol. The number of hydrogen-bond donors (Lipinski definition) is 0. The Hall–Kier alpha value is -0.700. The maximum Gasteiger partial charge on any atom is 0.119 e. The first-order valence-electron chi connectivity index (χ1n) is 6.39. The van der Waals surface area contributed by atoms with Crippen LogP contribution in [0.5, 0.6) is 5.75 Å². The van der Waals surface area contributed by atoms with Gasteiger partial charge in [0.15, 0.2) is 0 Å². The summed E-state index contributed by atoms with van der Waals surface area (Å²) in [6.45, 7) is 0.630. The highest BCUT2D eigenvalue weighted by Crippen LogP contribution is 2.24. The van der Waals surface area contributed by atoms with Crippen LogP contribution in [0.15, 0.2) is 53.0 Å². The third-order valence-corrected chi connectivity index (χ3v) is 4.19. The van der Waals surface area contributed by atoms with Gasteiger partial charge in [-0.15, -0.1) is 11.6 Å². The van der Waals surface area contributed by atoms with Crippen LogP contribution in [0.25, 0.3) is 0 Å². The van der Waals surface area contributed by atoms with Gasteiger partial charge in [0.2, 0.25) is 0 Å². The molecule has 0 amide bonds. The van der Waals surface area contributed by atoms with Crippen LogP contribution < -0.4 is 4.74 Å². The smallest absolute Gasteiger partial charge is 0.119 e. The molecule has 0 radical (unpaired) electrons. The van der Waals surface area contributed by atoms with Crippen molar-refractivity contribution in [3.8, 4) is 5.75 Å². The van der Waals surface area contributed by atoms with Gasteiger partial charge in [0, 0.05) is 21.3 Å². The average Bonchev–Trinajstić information content (AvgIpc) is 2.45. The van der Waals surface area contributed by atoms with Crippen molar-refractivity contribution >= 4 is 39.1 Å². The van der Waals surface area contributed by atoms with E-state index >= 15 is 0 Å². The molecule has 2 aromatic carbocycles.